The number of nitro groups is 1. The van der Waals surface area contributed by atoms with Gasteiger partial charge in [0.05, 0.1) is 10.6 Å². The van der Waals surface area contributed by atoms with E-state index in [2.05, 4.69) is 0 Å². The lowest BCUT2D eigenvalue weighted by Crippen LogP contribution is -2.24. The number of benzene rings is 2. The van der Waals surface area contributed by atoms with E-state index in [1.807, 2.05) is 25.1 Å². The van der Waals surface area contributed by atoms with Crippen LogP contribution in [0.15, 0.2) is 47.3 Å². The molecule has 2 heterocycles. The molecule has 0 bridgehead atoms. The number of hydrogen-bond donors (Lipinski definition) is 1. The summed E-state index contributed by atoms with van der Waals surface area (Å²) in [5.41, 5.74) is 2.66. The lowest BCUT2D eigenvalue weighted by molar-refractivity contribution is -0.384. The van der Waals surface area contributed by atoms with Gasteiger partial charge in [-0.25, -0.2) is 0 Å². The van der Waals surface area contributed by atoms with Gasteiger partial charge in [-0.3, -0.25) is 19.5 Å². The minimum Gasteiger partial charge on any atom is -0.369 e. The summed E-state index contributed by atoms with van der Waals surface area (Å²) in [5, 5.41) is 22.8. The summed E-state index contributed by atoms with van der Waals surface area (Å²) in [6, 6.07) is 11.6. The molecule has 0 radical (unpaired) electrons. The van der Waals surface area contributed by atoms with E-state index in [0.29, 0.717) is 28.5 Å². The lowest BCUT2D eigenvalue weighted by Gasteiger charge is -2.15. The summed E-state index contributed by atoms with van der Waals surface area (Å²) in [6.07, 6.45) is 0.448. The Kier molecular flexibility index (Phi) is 3.43. The Morgan fingerprint density at radius 1 is 1.20 bits per heavy atom. The van der Waals surface area contributed by atoms with Crippen molar-refractivity contribution in [2.75, 3.05) is 0 Å². The van der Waals surface area contributed by atoms with E-state index in [1.54, 1.807) is 6.07 Å². The van der Waals surface area contributed by atoms with Crippen molar-refractivity contribution in [2.45, 2.75) is 26.0 Å². The molecule has 3 aromatic rings. The van der Waals surface area contributed by atoms with Crippen molar-refractivity contribution < 1.29 is 10.0 Å². The van der Waals surface area contributed by atoms with Crippen LogP contribution in [0.5, 0.6) is 0 Å². The quantitative estimate of drug-likeness (QED) is 0.587. The average Bonchev–Trinajstić information content (AvgIpc) is 2.91. The minimum absolute atomic E-state index is 0.0407. The van der Waals surface area contributed by atoms with Crippen LogP contribution in [0.25, 0.3) is 22.0 Å². The van der Waals surface area contributed by atoms with Crippen LogP contribution in [0.3, 0.4) is 0 Å². The van der Waals surface area contributed by atoms with Crippen LogP contribution in [0, 0.1) is 10.1 Å². The van der Waals surface area contributed by atoms with Gasteiger partial charge in [0.15, 0.2) is 6.23 Å². The van der Waals surface area contributed by atoms with Gasteiger partial charge < -0.3 is 5.11 Å². The summed E-state index contributed by atoms with van der Waals surface area (Å²) in [7, 11) is 0. The highest BCUT2D eigenvalue weighted by Gasteiger charge is 2.31. The fraction of sp³-hybridized carbons (Fsp3) is 0.211. The van der Waals surface area contributed by atoms with Crippen LogP contribution in [-0.4, -0.2) is 14.6 Å². The summed E-state index contributed by atoms with van der Waals surface area (Å²) in [5.74, 6) is 0. The first kappa shape index (κ1) is 15.5. The first-order valence-electron chi connectivity index (χ1n) is 8.17. The SMILES string of the molecule is CCCc1c2n(c(=O)c3ccc([N+](=O)[O-])cc13)C(O)c1ccccc1-2. The topological polar surface area (TPSA) is 85.4 Å². The lowest BCUT2D eigenvalue weighted by atomic mass is 9.96. The third kappa shape index (κ3) is 2.11. The zero-order valence-electron chi connectivity index (χ0n) is 13.6. The second-order valence-corrected chi connectivity index (χ2v) is 6.20. The number of aromatic nitrogens is 1. The fourth-order valence-electron chi connectivity index (χ4n) is 3.69. The number of aryl methyl sites for hydroxylation is 1. The van der Waals surface area contributed by atoms with Gasteiger partial charge in [-0.2, -0.15) is 0 Å². The number of pyridine rings is 1. The first-order chi connectivity index (χ1) is 12.0. The van der Waals surface area contributed by atoms with Crippen LogP contribution in [0.1, 0.15) is 30.7 Å². The predicted molar refractivity (Wildman–Crippen MR) is 94.7 cm³/mol. The number of aliphatic hydroxyl groups is 1. The number of hydrogen-bond acceptors (Lipinski definition) is 4. The first-order valence-corrected chi connectivity index (χ1v) is 8.17. The molecule has 6 nitrogen and oxygen atoms in total. The Balaban J connectivity index is 2.18. The molecule has 1 aliphatic rings. The van der Waals surface area contributed by atoms with Crippen LogP contribution < -0.4 is 5.56 Å². The molecule has 1 unspecified atom stereocenters. The van der Waals surface area contributed by atoms with Gasteiger partial charge in [-0.15, -0.1) is 0 Å². The van der Waals surface area contributed by atoms with Crippen molar-refractivity contribution >= 4 is 16.5 Å². The molecule has 1 N–H and O–H groups in total. The van der Waals surface area contributed by atoms with Crippen LogP contribution in [-0.2, 0) is 6.42 Å². The predicted octanol–water partition coefficient (Wildman–Crippen LogP) is 3.38. The molecule has 0 amide bonds. The van der Waals surface area contributed by atoms with Crippen molar-refractivity contribution in [1.29, 1.82) is 0 Å². The van der Waals surface area contributed by atoms with Gasteiger partial charge in [-0.1, -0.05) is 37.6 Å². The molecular formula is C19H16N2O4. The maximum Gasteiger partial charge on any atom is 0.270 e. The summed E-state index contributed by atoms with van der Waals surface area (Å²) >= 11 is 0. The van der Waals surface area contributed by atoms with Gasteiger partial charge in [0.1, 0.15) is 0 Å². The number of aliphatic hydroxyl groups excluding tert-OH is 1. The van der Waals surface area contributed by atoms with Crippen LogP contribution in [0.4, 0.5) is 5.69 Å². The molecule has 0 aliphatic carbocycles. The maximum atomic E-state index is 13.0. The van der Waals surface area contributed by atoms with Crippen LogP contribution in [0.2, 0.25) is 0 Å². The van der Waals surface area contributed by atoms with E-state index in [9.17, 15) is 20.0 Å². The second kappa shape index (κ2) is 5.53. The molecule has 4 rings (SSSR count). The highest BCUT2D eigenvalue weighted by atomic mass is 16.6. The molecule has 6 heteroatoms. The number of non-ortho nitro benzene ring substituents is 1. The van der Waals surface area contributed by atoms with Gasteiger partial charge in [-0.05, 0) is 23.4 Å². The Labute approximate surface area is 143 Å². The van der Waals surface area contributed by atoms with E-state index >= 15 is 0 Å². The highest BCUT2D eigenvalue weighted by Crippen LogP contribution is 2.41. The standard InChI is InChI=1S/C19H16N2O4/c1-2-5-12-16-10-11(21(24)25)8-9-15(16)19(23)20-17(12)13-6-3-4-7-14(13)18(20)22/h3-4,6-10,18,22H,2,5H2,1H3. The maximum absolute atomic E-state index is 13.0. The normalized spacial score (nSPS) is 15.2. The smallest absolute Gasteiger partial charge is 0.270 e. The monoisotopic (exact) mass is 336 g/mol. The molecule has 1 aliphatic heterocycles. The minimum atomic E-state index is -1.03. The average molecular weight is 336 g/mol. The second-order valence-electron chi connectivity index (χ2n) is 6.20. The zero-order chi connectivity index (χ0) is 17.7. The fourth-order valence-corrected chi connectivity index (χ4v) is 3.69. The largest absolute Gasteiger partial charge is 0.369 e. The van der Waals surface area contributed by atoms with E-state index in [1.165, 1.54) is 22.8 Å². The molecule has 2 aromatic carbocycles. The summed E-state index contributed by atoms with van der Waals surface area (Å²) in [4.78, 5) is 23.7. The van der Waals surface area contributed by atoms with Gasteiger partial charge in [0, 0.05) is 28.6 Å². The van der Waals surface area contributed by atoms with E-state index in [4.69, 9.17) is 0 Å². The number of fused-ring (bicyclic) bond motifs is 4. The van der Waals surface area contributed by atoms with E-state index in [-0.39, 0.29) is 11.2 Å². The number of nitro benzene ring substituents is 1. The van der Waals surface area contributed by atoms with Gasteiger partial charge >= 0.3 is 0 Å². The van der Waals surface area contributed by atoms with Crippen molar-refractivity contribution in [3.8, 4) is 11.3 Å². The Morgan fingerprint density at radius 2 is 1.96 bits per heavy atom. The van der Waals surface area contributed by atoms with Crippen molar-refractivity contribution in [2.24, 2.45) is 0 Å². The van der Waals surface area contributed by atoms with Crippen molar-refractivity contribution in [3.05, 3.63) is 74.1 Å². The van der Waals surface area contributed by atoms with Gasteiger partial charge in [0.2, 0.25) is 0 Å². The number of rotatable bonds is 3. The zero-order valence-corrected chi connectivity index (χ0v) is 13.6. The third-order valence-electron chi connectivity index (χ3n) is 4.75. The molecule has 1 atom stereocenters. The Morgan fingerprint density at radius 3 is 2.68 bits per heavy atom. The molecule has 25 heavy (non-hydrogen) atoms. The number of nitrogens with zero attached hydrogens (tertiary/aromatic N) is 2. The Hall–Kier alpha value is -2.99. The van der Waals surface area contributed by atoms with Crippen LogP contribution >= 0.6 is 0 Å². The van der Waals surface area contributed by atoms with E-state index < -0.39 is 11.2 Å². The molecule has 0 saturated carbocycles. The summed E-state index contributed by atoms with van der Waals surface area (Å²) < 4.78 is 1.41. The molecule has 126 valence electrons. The van der Waals surface area contributed by atoms with Crippen molar-refractivity contribution in [3.63, 3.8) is 0 Å². The van der Waals surface area contributed by atoms with Crippen molar-refractivity contribution in [1.82, 2.24) is 4.57 Å². The molecular weight excluding hydrogens is 320 g/mol. The van der Waals surface area contributed by atoms with Gasteiger partial charge in [0.25, 0.3) is 11.2 Å². The third-order valence-corrected chi connectivity index (χ3v) is 4.75. The molecule has 0 spiro atoms. The Bertz CT molecular complexity index is 1080. The molecule has 0 saturated heterocycles. The molecule has 1 aromatic heterocycles. The molecule has 0 fully saturated rings. The summed E-state index contributed by atoms with van der Waals surface area (Å²) in [6.45, 7) is 2.02. The highest BCUT2D eigenvalue weighted by molar-refractivity contribution is 5.93. The van der Waals surface area contributed by atoms with E-state index in [0.717, 1.165) is 17.5 Å².